The normalized spacial score (nSPS) is 9.26. The van der Waals surface area contributed by atoms with Crippen LogP contribution in [0.25, 0.3) is 43.1 Å². The first-order valence-corrected chi connectivity index (χ1v) is 15.6. The molecule has 0 aliphatic carbocycles. The second-order valence-corrected chi connectivity index (χ2v) is 10.6. The smallest absolute Gasteiger partial charge is 0.0771 e. The van der Waals surface area contributed by atoms with Crippen molar-refractivity contribution in [1.82, 2.24) is 0 Å². The van der Waals surface area contributed by atoms with E-state index < -0.39 is 0 Å². The molecule has 6 aromatic carbocycles. The summed E-state index contributed by atoms with van der Waals surface area (Å²) in [6.07, 6.45) is 1.00. The van der Waals surface area contributed by atoms with Crippen molar-refractivity contribution < 1.29 is 16.8 Å². The molecule has 6 aromatic rings. The molecule has 0 heterocycles. The fourth-order valence-corrected chi connectivity index (χ4v) is 3.81. The topological polar surface area (TPSA) is 0 Å². The zero-order chi connectivity index (χ0) is 22.8. The molecule has 0 nitrogen and oxygen atoms in total. The molecule has 0 spiro atoms. The Morgan fingerprint density at radius 3 is 1.00 bits per heavy atom. The monoisotopic (exact) mass is 556 g/mol. The van der Waals surface area contributed by atoms with E-state index in [2.05, 4.69) is 124 Å². The quantitative estimate of drug-likeness (QED) is 0.129. The zero-order valence-electron chi connectivity index (χ0n) is 19.0. The zero-order valence-corrected chi connectivity index (χ0v) is 24.0. The molecule has 175 valence electrons. The first kappa shape index (κ1) is 30.5. The Morgan fingerprint density at radius 1 is 0.618 bits per heavy atom. The number of rotatable bonds is 0. The van der Waals surface area contributed by atoms with Gasteiger partial charge in [0.15, 0.2) is 0 Å². The van der Waals surface area contributed by atoms with Crippen molar-refractivity contribution >= 4 is 84.8 Å². The molecular weight excluding hydrogens is 531 g/mol. The van der Waals surface area contributed by atoms with E-state index in [0.29, 0.717) is 0 Å². The summed E-state index contributed by atoms with van der Waals surface area (Å²) in [5, 5.41) is 10.8. The number of benzene rings is 4. The molecule has 0 bridgehead atoms. The Labute approximate surface area is 229 Å². The summed E-state index contributed by atoms with van der Waals surface area (Å²) in [4.78, 5) is 0. The fraction of sp³-hybridized carbons (Fsp3) is 0.0690. The molecule has 0 fully saturated rings. The minimum absolute atomic E-state index is 0. The van der Waals surface area contributed by atoms with E-state index in [0.717, 1.165) is 6.42 Å². The van der Waals surface area contributed by atoms with E-state index in [9.17, 15) is 0 Å². The fourth-order valence-electron chi connectivity index (χ4n) is 3.81. The third kappa shape index (κ3) is 7.72. The van der Waals surface area contributed by atoms with E-state index in [4.69, 9.17) is 9.30 Å². The van der Waals surface area contributed by atoms with Crippen molar-refractivity contribution in [3.63, 3.8) is 0 Å². The molecule has 0 aliphatic rings. The van der Waals surface area contributed by atoms with Gasteiger partial charge >= 0.3 is 33.8 Å². The molecule has 34 heavy (non-hydrogen) atoms. The van der Waals surface area contributed by atoms with Crippen LogP contribution >= 0.6 is 34.1 Å². The summed E-state index contributed by atoms with van der Waals surface area (Å²) in [5.74, 6) is 0. The van der Waals surface area contributed by atoms with Gasteiger partial charge in [0.2, 0.25) is 0 Å². The van der Waals surface area contributed by atoms with Crippen molar-refractivity contribution in [2.75, 3.05) is 0 Å². The van der Waals surface area contributed by atoms with Gasteiger partial charge in [0.25, 0.3) is 0 Å². The Bertz CT molecular complexity index is 1210. The van der Waals surface area contributed by atoms with E-state index in [1.807, 2.05) is 6.92 Å². The van der Waals surface area contributed by atoms with Crippen LogP contribution in [0.5, 0.6) is 0 Å². The maximum absolute atomic E-state index is 5.04. The molecule has 0 N–H and O–H groups in total. The first-order valence-electron chi connectivity index (χ1n) is 10.6. The Morgan fingerprint density at radius 2 is 0.794 bits per heavy atom. The van der Waals surface area contributed by atoms with Crippen LogP contribution < -0.4 is 0 Å². The summed E-state index contributed by atoms with van der Waals surface area (Å²) in [7, 11) is 8.11. The summed E-state index contributed by atoms with van der Waals surface area (Å²) < 4.78 is 0. The molecule has 0 saturated carbocycles. The van der Waals surface area contributed by atoms with Gasteiger partial charge < -0.3 is 6.92 Å². The van der Waals surface area contributed by atoms with Crippen LogP contribution in [0.3, 0.4) is 0 Å². The maximum atomic E-state index is 5.04. The molecule has 0 aromatic heterocycles. The van der Waals surface area contributed by atoms with E-state index in [-0.39, 0.29) is 41.6 Å². The van der Waals surface area contributed by atoms with Crippen molar-refractivity contribution in [2.45, 2.75) is 13.3 Å². The standard InChI is InChI=1S/2C13H9.C3H7.3ClH.Si.Ti/c2*1-3-7-12-10(5-1)9-11-6-2-4-8-13(11)12;1-3-2;;;;;/h2*1-9H;1,3H2,2H3;3*1H;;/q3*-1;;;;;+1/p-1. The SMILES string of the molecule is Cl.Cl.[CH2-]CC.[Si]=[Ti][Cl].c1ccc2c(c1)[cH-]c1ccccc12.c1ccc2c(c1)[cH-]c1ccccc12. The minimum Gasteiger partial charge on any atom is -0.126 e. The second-order valence-electron chi connectivity index (χ2n) is 7.23. The van der Waals surface area contributed by atoms with E-state index in [1.54, 1.807) is 0 Å². The molecule has 0 saturated heterocycles. The number of hydrogen-bond acceptors (Lipinski definition) is 0. The summed E-state index contributed by atoms with van der Waals surface area (Å²) in [5.41, 5.74) is 0. The molecule has 0 unspecified atom stereocenters. The van der Waals surface area contributed by atoms with Crippen LogP contribution in [0, 0.1) is 6.92 Å². The summed E-state index contributed by atoms with van der Waals surface area (Å²) >= 11 is -0.222. The van der Waals surface area contributed by atoms with Gasteiger partial charge in [-0.1, -0.05) is 79.7 Å². The molecule has 0 atom stereocenters. The summed E-state index contributed by atoms with van der Waals surface area (Å²) in [6.45, 7) is 5.50. The maximum Gasteiger partial charge on any atom is -0.0771 e. The van der Waals surface area contributed by atoms with Crippen molar-refractivity contribution in [2.24, 2.45) is 0 Å². The predicted molar refractivity (Wildman–Crippen MR) is 156 cm³/mol. The van der Waals surface area contributed by atoms with Gasteiger partial charge in [-0.3, -0.25) is 0 Å². The third-order valence-corrected chi connectivity index (χ3v) is 5.05. The van der Waals surface area contributed by atoms with Crippen molar-refractivity contribution in [1.29, 1.82) is 0 Å². The van der Waals surface area contributed by atoms with Crippen LogP contribution in [0.1, 0.15) is 13.3 Å². The molecular formula is C29H27Cl3SiTi-3. The third-order valence-electron chi connectivity index (χ3n) is 5.05. The molecule has 6 rings (SSSR count). The van der Waals surface area contributed by atoms with E-state index in [1.165, 1.54) is 43.1 Å². The molecule has 0 amide bonds. The van der Waals surface area contributed by atoms with Gasteiger partial charge in [-0.15, -0.1) is 104 Å². The average Bonchev–Trinajstić information content (AvgIpc) is 3.39. The summed E-state index contributed by atoms with van der Waals surface area (Å²) in [6, 6.07) is 38.5. The molecule has 2 radical (unpaired) electrons. The van der Waals surface area contributed by atoms with Crippen LogP contribution in [0.4, 0.5) is 0 Å². The predicted octanol–water partition coefficient (Wildman–Crippen LogP) is 9.80. The van der Waals surface area contributed by atoms with Crippen LogP contribution in [0.2, 0.25) is 0 Å². The Hall–Kier alpha value is -1.58. The van der Waals surface area contributed by atoms with Crippen molar-refractivity contribution in [3.05, 3.63) is 116 Å². The van der Waals surface area contributed by atoms with Gasteiger partial charge in [-0.25, -0.2) is 0 Å². The van der Waals surface area contributed by atoms with Crippen LogP contribution in [-0.2, 0) is 16.8 Å². The molecule has 0 aliphatic heterocycles. The van der Waals surface area contributed by atoms with Gasteiger partial charge in [0.05, 0.1) is 0 Å². The average molecular weight is 558 g/mol. The van der Waals surface area contributed by atoms with Gasteiger partial charge in [0, 0.05) is 0 Å². The largest absolute Gasteiger partial charge is 0.126 e. The van der Waals surface area contributed by atoms with Gasteiger partial charge in [-0.05, 0) is 0 Å². The van der Waals surface area contributed by atoms with Crippen LogP contribution in [0.15, 0.2) is 109 Å². The Balaban J connectivity index is 0.000000265. The number of hydrogen-bond donors (Lipinski definition) is 0. The number of halogens is 3. The Kier molecular flexibility index (Phi) is 14.5. The van der Waals surface area contributed by atoms with Gasteiger partial charge in [0.1, 0.15) is 0 Å². The van der Waals surface area contributed by atoms with Gasteiger partial charge in [-0.2, -0.15) is 6.42 Å². The van der Waals surface area contributed by atoms with Crippen LogP contribution in [-0.4, -0.2) is 7.63 Å². The molecule has 5 heteroatoms. The minimum atomic E-state index is -0.222. The second kappa shape index (κ2) is 16.2. The first-order chi connectivity index (χ1) is 15.7. The number of fused-ring (bicyclic) bond motifs is 6. The van der Waals surface area contributed by atoms with E-state index >= 15 is 0 Å². The van der Waals surface area contributed by atoms with Crippen molar-refractivity contribution in [3.8, 4) is 0 Å².